The topological polar surface area (TPSA) is 51.2 Å². The normalized spacial score (nSPS) is 12.1. The quantitative estimate of drug-likeness (QED) is 0.817. The molecule has 0 saturated carbocycles. The maximum atomic E-state index is 12.7. The Hall–Kier alpha value is -2.15. The van der Waals surface area contributed by atoms with Crippen LogP contribution in [0.25, 0.3) is 0 Å². The summed E-state index contributed by atoms with van der Waals surface area (Å²) in [5.74, 6) is -0.779. The van der Waals surface area contributed by atoms with E-state index < -0.39 is 31.6 Å². The molecule has 0 saturated heterocycles. The van der Waals surface area contributed by atoms with Crippen LogP contribution in [0, 0.1) is 0 Å². The molecule has 0 amide bonds. The lowest BCUT2D eigenvalue weighted by molar-refractivity contribution is -0.0436. The number of benzene rings is 2. The average Bonchev–Trinajstić information content (AvgIpc) is 2.46. The van der Waals surface area contributed by atoms with Crippen LogP contribution < -0.4 is 0 Å². The number of halogens is 3. The van der Waals surface area contributed by atoms with E-state index in [0.717, 1.165) is 18.2 Å². The molecule has 3 nitrogen and oxygen atoms in total. The van der Waals surface area contributed by atoms with Gasteiger partial charge in [0.15, 0.2) is 5.78 Å². The minimum atomic E-state index is -5.58. The Morgan fingerprint density at radius 3 is 1.95 bits per heavy atom. The summed E-state index contributed by atoms with van der Waals surface area (Å²) >= 11 is 0. The van der Waals surface area contributed by atoms with E-state index in [1.807, 2.05) is 0 Å². The van der Waals surface area contributed by atoms with Gasteiger partial charge >= 0.3 is 5.51 Å². The predicted octanol–water partition coefficient (Wildman–Crippen LogP) is 3.21. The van der Waals surface area contributed by atoms with E-state index in [1.165, 1.54) is 30.3 Å². The fraction of sp³-hybridized carbons (Fsp3) is 0.0714. The molecule has 0 aromatic heterocycles. The fourth-order valence-electron chi connectivity index (χ4n) is 1.76. The van der Waals surface area contributed by atoms with Crippen LogP contribution >= 0.6 is 0 Å². The van der Waals surface area contributed by atoms with Crippen LogP contribution in [-0.2, 0) is 9.84 Å². The van der Waals surface area contributed by atoms with Crippen molar-refractivity contribution in [2.24, 2.45) is 0 Å². The first-order chi connectivity index (χ1) is 9.75. The van der Waals surface area contributed by atoms with Crippen LogP contribution in [0.2, 0.25) is 0 Å². The standard InChI is InChI=1S/C14H9F3O3S/c15-14(16,17)21(19,20)12-9-5-4-8-11(12)13(18)10-6-2-1-3-7-10/h1-9H. The molecule has 0 aliphatic rings. The predicted molar refractivity (Wildman–Crippen MR) is 69.6 cm³/mol. The van der Waals surface area contributed by atoms with Crippen molar-refractivity contribution in [1.29, 1.82) is 0 Å². The van der Waals surface area contributed by atoms with Crippen LogP contribution in [0.4, 0.5) is 13.2 Å². The second kappa shape index (κ2) is 5.33. The van der Waals surface area contributed by atoms with Crippen LogP contribution in [0.5, 0.6) is 0 Å². The number of alkyl halides is 3. The zero-order valence-electron chi connectivity index (χ0n) is 10.5. The van der Waals surface area contributed by atoms with Crippen LogP contribution in [-0.4, -0.2) is 19.7 Å². The Balaban J connectivity index is 2.61. The highest BCUT2D eigenvalue weighted by Crippen LogP contribution is 2.32. The van der Waals surface area contributed by atoms with Gasteiger partial charge in [0.25, 0.3) is 9.84 Å². The van der Waals surface area contributed by atoms with Crippen LogP contribution in [0.1, 0.15) is 15.9 Å². The molecule has 0 aliphatic carbocycles. The molecule has 0 spiro atoms. The summed E-state index contributed by atoms with van der Waals surface area (Å²) in [6.07, 6.45) is 0. The number of carbonyl (C=O) groups excluding carboxylic acids is 1. The summed E-state index contributed by atoms with van der Waals surface area (Å²) in [6.45, 7) is 0. The van der Waals surface area contributed by atoms with E-state index in [2.05, 4.69) is 0 Å². The second-order valence-electron chi connectivity index (χ2n) is 4.14. The lowest BCUT2D eigenvalue weighted by Crippen LogP contribution is -2.25. The third-order valence-electron chi connectivity index (χ3n) is 2.76. The van der Waals surface area contributed by atoms with E-state index in [1.54, 1.807) is 6.07 Å². The first-order valence-electron chi connectivity index (χ1n) is 5.75. The number of hydrogen-bond acceptors (Lipinski definition) is 3. The van der Waals surface area contributed by atoms with Gasteiger partial charge in [0.2, 0.25) is 0 Å². The SMILES string of the molecule is O=C(c1ccccc1)c1ccccc1S(=O)(=O)C(F)(F)F. The summed E-state index contributed by atoms with van der Waals surface area (Å²) in [5, 5.41) is 0. The lowest BCUT2D eigenvalue weighted by atomic mass is 10.0. The summed E-state index contributed by atoms with van der Waals surface area (Å²) in [7, 11) is -5.58. The number of carbonyl (C=O) groups is 1. The van der Waals surface area contributed by atoms with Crippen LogP contribution in [0.15, 0.2) is 59.5 Å². The number of ketones is 1. The lowest BCUT2D eigenvalue weighted by Gasteiger charge is -2.11. The van der Waals surface area contributed by atoms with Gasteiger partial charge in [-0.3, -0.25) is 4.79 Å². The molecule has 2 rings (SSSR count). The third kappa shape index (κ3) is 2.82. The van der Waals surface area contributed by atoms with Gasteiger partial charge in [-0.25, -0.2) is 8.42 Å². The molecule has 2 aromatic carbocycles. The van der Waals surface area contributed by atoms with E-state index in [-0.39, 0.29) is 5.56 Å². The third-order valence-corrected chi connectivity index (χ3v) is 4.31. The van der Waals surface area contributed by atoms with E-state index in [4.69, 9.17) is 0 Å². The van der Waals surface area contributed by atoms with Gasteiger partial charge in [-0.2, -0.15) is 13.2 Å². The zero-order chi connectivity index (χ0) is 15.7. The number of rotatable bonds is 3. The highest BCUT2D eigenvalue weighted by atomic mass is 32.2. The van der Waals surface area contributed by atoms with Crippen molar-refractivity contribution in [3.05, 3.63) is 65.7 Å². The highest BCUT2D eigenvalue weighted by Gasteiger charge is 2.48. The van der Waals surface area contributed by atoms with Crippen molar-refractivity contribution < 1.29 is 26.4 Å². The smallest absolute Gasteiger partial charge is 0.289 e. The van der Waals surface area contributed by atoms with Gasteiger partial charge in [-0.1, -0.05) is 42.5 Å². The van der Waals surface area contributed by atoms with E-state index in [9.17, 15) is 26.4 Å². The maximum Gasteiger partial charge on any atom is 0.501 e. The molecule has 0 unspecified atom stereocenters. The molecule has 0 aliphatic heterocycles. The number of hydrogen-bond donors (Lipinski definition) is 0. The minimum absolute atomic E-state index is 0.113. The summed E-state index contributed by atoms with van der Waals surface area (Å²) < 4.78 is 61.1. The Morgan fingerprint density at radius 2 is 1.38 bits per heavy atom. The van der Waals surface area contributed by atoms with E-state index in [0.29, 0.717) is 0 Å². The second-order valence-corrected chi connectivity index (χ2v) is 6.05. The van der Waals surface area contributed by atoms with Gasteiger partial charge in [0.05, 0.1) is 4.90 Å². The van der Waals surface area contributed by atoms with Gasteiger partial charge < -0.3 is 0 Å². The largest absolute Gasteiger partial charge is 0.501 e. The van der Waals surface area contributed by atoms with Crippen molar-refractivity contribution in [3.63, 3.8) is 0 Å². The molecule has 0 radical (unpaired) electrons. The summed E-state index contributed by atoms with van der Waals surface area (Å²) in [6, 6.07) is 11.8. The van der Waals surface area contributed by atoms with Crippen molar-refractivity contribution in [3.8, 4) is 0 Å². The van der Waals surface area contributed by atoms with Gasteiger partial charge in [0, 0.05) is 11.1 Å². The minimum Gasteiger partial charge on any atom is -0.289 e. The Labute approximate surface area is 119 Å². The van der Waals surface area contributed by atoms with Crippen molar-refractivity contribution >= 4 is 15.6 Å². The molecule has 0 heterocycles. The molecule has 110 valence electrons. The molecular weight excluding hydrogens is 305 g/mol. The van der Waals surface area contributed by atoms with Gasteiger partial charge in [-0.05, 0) is 12.1 Å². The first-order valence-corrected chi connectivity index (χ1v) is 7.23. The Morgan fingerprint density at radius 1 is 0.857 bits per heavy atom. The molecular formula is C14H9F3O3S. The fourth-order valence-corrected chi connectivity index (χ4v) is 2.72. The van der Waals surface area contributed by atoms with Crippen molar-refractivity contribution in [2.45, 2.75) is 10.4 Å². The monoisotopic (exact) mass is 314 g/mol. The van der Waals surface area contributed by atoms with Gasteiger partial charge in [-0.15, -0.1) is 0 Å². The first kappa shape index (κ1) is 15.2. The maximum absolute atomic E-state index is 12.7. The average molecular weight is 314 g/mol. The van der Waals surface area contributed by atoms with Crippen LogP contribution in [0.3, 0.4) is 0 Å². The molecule has 0 fully saturated rings. The molecule has 0 N–H and O–H groups in total. The van der Waals surface area contributed by atoms with Gasteiger partial charge in [0.1, 0.15) is 0 Å². The molecule has 0 atom stereocenters. The summed E-state index contributed by atoms with van der Waals surface area (Å²) in [5.41, 5.74) is -5.84. The molecule has 21 heavy (non-hydrogen) atoms. The number of sulfone groups is 1. The highest BCUT2D eigenvalue weighted by molar-refractivity contribution is 7.92. The zero-order valence-corrected chi connectivity index (χ0v) is 11.3. The van der Waals surface area contributed by atoms with E-state index >= 15 is 0 Å². The Bertz CT molecular complexity index is 766. The molecule has 0 bridgehead atoms. The van der Waals surface area contributed by atoms with Crippen molar-refractivity contribution in [2.75, 3.05) is 0 Å². The summed E-state index contributed by atoms with van der Waals surface area (Å²) in [4.78, 5) is 11.2. The Kier molecular flexibility index (Phi) is 3.87. The molecule has 7 heteroatoms. The van der Waals surface area contributed by atoms with Crippen molar-refractivity contribution in [1.82, 2.24) is 0 Å². The molecule has 2 aromatic rings.